The number of nitrogens with zero attached hydrogens (tertiary/aromatic N) is 1. The molecule has 0 bridgehead atoms. The summed E-state index contributed by atoms with van der Waals surface area (Å²) >= 11 is 0. The minimum absolute atomic E-state index is 0.00768. The van der Waals surface area contributed by atoms with Crippen molar-refractivity contribution in [3.05, 3.63) is 12.2 Å². The Morgan fingerprint density at radius 1 is 1.26 bits per heavy atom. The average Bonchev–Trinajstić information content (AvgIpc) is 2.75. The van der Waals surface area contributed by atoms with E-state index in [9.17, 15) is 14.3 Å². The van der Waals surface area contributed by atoms with Crippen LogP contribution >= 0.6 is 0 Å². The van der Waals surface area contributed by atoms with E-state index in [2.05, 4.69) is 19.9 Å². The van der Waals surface area contributed by atoms with Crippen LogP contribution in [0.2, 0.25) is 0 Å². The summed E-state index contributed by atoms with van der Waals surface area (Å²) in [5.41, 5.74) is -0.268. The first-order chi connectivity index (χ1) is 10.8. The van der Waals surface area contributed by atoms with E-state index in [0.717, 1.165) is 25.7 Å². The Morgan fingerprint density at radius 2 is 2.00 bits per heavy atom. The first-order valence-electron chi connectivity index (χ1n) is 9.07. The summed E-state index contributed by atoms with van der Waals surface area (Å²) < 4.78 is 14.2. The summed E-state index contributed by atoms with van der Waals surface area (Å²) in [7, 11) is 1.92. The summed E-state index contributed by atoms with van der Waals surface area (Å²) in [5, 5.41) is 10.4. The van der Waals surface area contributed by atoms with Gasteiger partial charge in [0.1, 0.15) is 6.17 Å². The van der Waals surface area contributed by atoms with Crippen LogP contribution in [0.4, 0.5) is 4.39 Å². The Balaban J connectivity index is 1.70. The van der Waals surface area contributed by atoms with Crippen molar-refractivity contribution in [2.24, 2.45) is 28.6 Å². The molecule has 1 heterocycles. The number of aliphatic hydroxyl groups excluding tert-OH is 1. The Kier molecular flexibility index (Phi) is 3.27. The molecule has 4 heteroatoms. The number of likely N-dealkylation sites (N-methyl/N-ethyl adjacent to an activating group) is 1. The first kappa shape index (κ1) is 15.6. The Morgan fingerprint density at radius 3 is 2.74 bits per heavy atom. The summed E-state index contributed by atoms with van der Waals surface area (Å²) in [6, 6.07) is 0.262. The molecule has 1 amide bonds. The number of hydrogen-bond donors (Lipinski definition) is 1. The van der Waals surface area contributed by atoms with Crippen molar-refractivity contribution in [2.45, 2.75) is 64.3 Å². The molecule has 0 unspecified atom stereocenters. The zero-order chi connectivity index (χ0) is 16.6. The normalized spacial score (nSPS) is 55.3. The van der Waals surface area contributed by atoms with Crippen LogP contribution in [-0.4, -0.2) is 41.3 Å². The van der Waals surface area contributed by atoms with Crippen LogP contribution in [0.25, 0.3) is 0 Å². The molecule has 0 aromatic carbocycles. The average molecular weight is 321 g/mol. The number of hydrogen-bond acceptors (Lipinski definition) is 2. The molecule has 0 radical (unpaired) electrons. The molecule has 23 heavy (non-hydrogen) atoms. The zero-order valence-corrected chi connectivity index (χ0v) is 14.3. The van der Waals surface area contributed by atoms with Gasteiger partial charge in [-0.3, -0.25) is 4.79 Å². The van der Waals surface area contributed by atoms with E-state index >= 15 is 0 Å². The van der Waals surface area contributed by atoms with Gasteiger partial charge in [-0.2, -0.15) is 0 Å². The highest BCUT2D eigenvalue weighted by Gasteiger charge is 2.62. The van der Waals surface area contributed by atoms with Crippen molar-refractivity contribution < 1.29 is 14.3 Å². The molecule has 4 aliphatic rings. The standard InChI is InChI=1S/C19H28FNO2/c1-18-9-7-16(22)21(3)15(18)5-4-11-12(18)6-8-19(2)13(11)10-14(20)17(19)23/h7,9,11-15,17,23H,4-6,8,10H2,1-3H3/t11-,12+,13+,14-,15-,17-,18-,19+/m1/s1. The quantitative estimate of drug-likeness (QED) is 0.745. The minimum Gasteiger partial charge on any atom is -0.390 e. The van der Waals surface area contributed by atoms with Crippen LogP contribution < -0.4 is 0 Å². The van der Waals surface area contributed by atoms with Crippen LogP contribution in [0.15, 0.2) is 12.2 Å². The van der Waals surface area contributed by atoms with Gasteiger partial charge in [0.2, 0.25) is 5.91 Å². The molecule has 0 aromatic rings. The molecule has 128 valence electrons. The van der Waals surface area contributed by atoms with E-state index in [0.29, 0.717) is 18.3 Å². The molecule has 1 N–H and O–H groups in total. The molecule has 3 saturated carbocycles. The molecule has 1 aliphatic heterocycles. The van der Waals surface area contributed by atoms with Gasteiger partial charge in [-0.25, -0.2) is 4.39 Å². The van der Waals surface area contributed by atoms with Gasteiger partial charge >= 0.3 is 0 Å². The lowest BCUT2D eigenvalue weighted by Gasteiger charge is -2.59. The van der Waals surface area contributed by atoms with Crippen LogP contribution in [0.1, 0.15) is 46.0 Å². The van der Waals surface area contributed by atoms with E-state index in [-0.39, 0.29) is 28.7 Å². The largest absolute Gasteiger partial charge is 0.390 e. The lowest BCUT2D eigenvalue weighted by Crippen LogP contribution is -2.59. The van der Waals surface area contributed by atoms with Crippen molar-refractivity contribution in [1.29, 1.82) is 0 Å². The van der Waals surface area contributed by atoms with Gasteiger partial charge in [-0.05, 0) is 61.3 Å². The number of carbonyl (C=O) groups is 1. The van der Waals surface area contributed by atoms with Gasteiger partial charge in [-0.15, -0.1) is 0 Å². The van der Waals surface area contributed by atoms with Crippen molar-refractivity contribution >= 4 is 5.91 Å². The molecule has 0 aromatic heterocycles. The molecule has 3 nitrogen and oxygen atoms in total. The number of amides is 1. The summed E-state index contributed by atoms with van der Waals surface area (Å²) in [6.07, 6.45) is 6.48. The maximum absolute atomic E-state index is 14.2. The lowest BCUT2D eigenvalue weighted by atomic mass is 9.48. The number of halogens is 1. The highest BCUT2D eigenvalue weighted by atomic mass is 19.1. The maximum Gasteiger partial charge on any atom is 0.246 e. The van der Waals surface area contributed by atoms with Crippen LogP contribution in [0.3, 0.4) is 0 Å². The van der Waals surface area contributed by atoms with Crippen molar-refractivity contribution in [1.82, 2.24) is 4.90 Å². The van der Waals surface area contributed by atoms with Crippen LogP contribution in [0.5, 0.6) is 0 Å². The van der Waals surface area contributed by atoms with Gasteiger partial charge in [-0.1, -0.05) is 19.9 Å². The summed E-state index contributed by atoms with van der Waals surface area (Å²) in [6.45, 7) is 4.38. The fourth-order valence-electron chi connectivity index (χ4n) is 6.68. The Bertz CT molecular complexity index is 564. The SMILES string of the molecule is CN1C(=O)C=C[C@]2(C)[C@H]3CC[C@]4(C)[C@H](O)[C@H](F)C[C@H]4[C@@H]3CC[C@@H]12. The molecule has 3 aliphatic carbocycles. The number of alkyl halides is 1. The van der Waals surface area contributed by atoms with E-state index in [4.69, 9.17) is 0 Å². The monoisotopic (exact) mass is 321 g/mol. The van der Waals surface area contributed by atoms with Gasteiger partial charge in [0.25, 0.3) is 0 Å². The third kappa shape index (κ3) is 1.87. The van der Waals surface area contributed by atoms with Crippen molar-refractivity contribution in [3.8, 4) is 0 Å². The fraction of sp³-hybridized carbons (Fsp3) is 0.842. The second-order valence-electron chi connectivity index (χ2n) is 8.86. The highest BCUT2D eigenvalue weighted by molar-refractivity contribution is 5.89. The topological polar surface area (TPSA) is 40.5 Å². The Labute approximate surface area is 137 Å². The summed E-state index contributed by atoms with van der Waals surface area (Å²) in [5.74, 6) is 1.34. The third-order valence-electron chi connectivity index (χ3n) is 8.06. The molecule has 8 atom stereocenters. The predicted octanol–water partition coefficient (Wildman–Crippen LogP) is 2.93. The molecule has 4 rings (SSSR count). The Hall–Kier alpha value is -0.900. The number of fused-ring (bicyclic) bond motifs is 5. The number of aliphatic hydroxyl groups is 1. The molecular weight excluding hydrogens is 293 g/mol. The van der Waals surface area contributed by atoms with Crippen molar-refractivity contribution in [3.63, 3.8) is 0 Å². The smallest absolute Gasteiger partial charge is 0.246 e. The molecule has 0 spiro atoms. The lowest BCUT2D eigenvalue weighted by molar-refractivity contribution is -0.140. The molecule has 3 fully saturated rings. The fourth-order valence-corrected chi connectivity index (χ4v) is 6.68. The maximum atomic E-state index is 14.2. The summed E-state index contributed by atoms with van der Waals surface area (Å²) in [4.78, 5) is 13.9. The van der Waals surface area contributed by atoms with E-state index < -0.39 is 12.3 Å². The van der Waals surface area contributed by atoms with Crippen molar-refractivity contribution in [2.75, 3.05) is 7.05 Å². The van der Waals surface area contributed by atoms with Crippen LogP contribution in [0, 0.1) is 28.6 Å². The van der Waals surface area contributed by atoms with Gasteiger partial charge in [0.05, 0.1) is 6.10 Å². The van der Waals surface area contributed by atoms with E-state index in [1.54, 1.807) is 6.08 Å². The number of rotatable bonds is 0. The molecule has 0 saturated heterocycles. The van der Waals surface area contributed by atoms with E-state index in [1.165, 1.54) is 0 Å². The van der Waals surface area contributed by atoms with Gasteiger partial charge < -0.3 is 10.0 Å². The van der Waals surface area contributed by atoms with E-state index in [1.807, 2.05) is 11.9 Å². The predicted molar refractivity (Wildman–Crippen MR) is 86.4 cm³/mol. The number of carbonyl (C=O) groups excluding carboxylic acids is 1. The van der Waals surface area contributed by atoms with Gasteiger partial charge in [0.15, 0.2) is 0 Å². The second-order valence-corrected chi connectivity index (χ2v) is 8.86. The first-order valence-corrected chi connectivity index (χ1v) is 9.07. The zero-order valence-electron chi connectivity index (χ0n) is 14.3. The third-order valence-corrected chi connectivity index (χ3v) is 8.06. The second kappa shape index (κ2) is 4.81. The minimum atomic E-state index is -1.07. The van der Waals surface area contributed by atoms with Gasteiger partial charge in [0, 0.05) is 18.5 Å². The van der Waals surface area contributed by atoms with Crippen LogP contribution in [-0.2, 0) is 4.79 Å². The molecular formula is C19H28FNO2. The highest BCUT2D eigenvalue weighted by Crippen LogP contribution is 2.64.